The minimum Gasteiger partial charge on any atom is -0.444 e. The van der Waals surface area contributed by atoms with Gasteiger partial charge in [-0.05, 0) is 27.2 Å². The zero-order chi connectivity index (χ0) is 11.6. The van der Waals surface area contributed by atoms with Crippen LogP contribution in [0.1, 0.15) is 27.2 Å². The summed E-state index contributed by atoms with van der Waals surface area (Å²) in [6.45, 7) is 5.17. The normalized spacial score (nSPS) is 26.9. The van der Waals surface area contributed by atoms with Crippen molar-refractivity contribution in [2.75, 3.05) is 13.2 Å². The van der Waals surface area contributed by atoms with Gasteiger partial charge in [-0.3, -0.25) is 0 Å². The fourth-order valence-electron chi connectivity index (χ4n) is 1.64. The third-order valence-corrected chi connectivity index (χ3v) is 2.25. The zero-order valence-electron chi connectivity index (χ0n) is 9.50. The summed E-state index contributed by atoms with van der Waals surface area (Å²) in [5, 5.41) is 0. The van der Waals surface area contributed by atoms with Crippen molar-refractivity contribution >= 4 is 6.09 Å². The van der Waals surface area contributed by atoms with Crippen molar-refractivity contribution < 1.29 is 13.9 Å². The Labute approximate surface area is 89.6 Å². The molecule has 1 fully saturated rings. The molecule has 0 aromatic heterocycles. The molecule has 0 bridgehead atoms. The molecule has 1 heterocycles. The molecule has 15 heavy (non-hydrogen) atoms. The predicted molar refractivity (Wildman–Crippen MR) is 55.3 cm³/mol. The van der Waals surface area contributed by atoms with E-state index >= 15 is 0 Å². The number of hydrogen-bond acceptors (Lipinski definition) is 3. The lowest BCUT2D eigenvalue weighted by atomic mass is 10.2. The minimum absolute atomic E-state index is 0.140. The third kappa shape index (κ3) is 3.34. The van der Waals surface area contributed by atoms with E-state index in [0.717, 1.165) is 0 Å². The van der Waals surface area contributed by atoms with E-state index in [1.165, 1.54) is 4.90 Å². The first-order valence-corrected chi connectivity index (χ1v) is 5.14. The van der Waals surface area contributed by atoms with Crippen molar-refractivity contribution in [1.29, 1.82) is 0 Å². The highest BCUT2D eigenvalue weighted by atomic mass is 19.1. The largest absolute Gasteiger partial charge is 0.444 e. The molecule has 1 rings (SSSR count). The molecule has 2 N–H and O–H groups in total. The van der Waals surface area contributed by atoms with Crippen LogP contribution in [-0.2, 0) is 4.74 Å². The molecule has 1 aliphatic rings. The quantitative estimate of drug-likeness (QED) is 0.721. The van der Waals surface area contributed by atoms with Gasteiger partial charge >= 0.3 is 6.09 Å². The first-order valence-electron chi connectivity index (χ1n) is 5.14. The maximum atomic E-state index is 12.6. The van der Waals surface area contributed by atoms with E-state index in [4.69, 9.17) is 10.5 Å². The molecule has 5 heteroatoms. The van der Waals surface area contributed by atoms with Crippen LogP contribution in [0.3, 0.4) is 0 Å². The molecule has 0 aromatic carbocycles. The van der Waals surface area contributed by atoms with Crippen molar-refractivity contribution in [2.24, 2.45) is 5.73 Å². The number of rotatable bonds is 1. The second kappa shape index (κ2) is 4.35. The van der Waals surface area contributed by atoms with Gasteiger partial charge in [0.05, 0.1) is 6.04 Å². The highest BCUT2D eigenvalue weighted by Gasteiger charge is 2.35. The molecule has 0 radical (unpaired) electrons. The number of likely N-dealkylation sites (tertiary alicyclic amines) is 1. The summed E-state index contributed by atoms with van der Waals surface area (Å²) >= 11 is 0. The summed E-state index contributed by atoms with van der Waals surface area (Å²) in [4.78, 5) is 13.0. The molecular weight excluding hydrogens is 199 g/mol. The Balaban J connectivity index is 2.59. The van der Waals surface area contributed by atoms with Gasteiger partial charge in [0.15, 0.2) is 0 Å². The topological polar surface area (TPSA) is 55.6 Å². The molecule has 1 amide bonds. The summed E-state index contributed by atoms with van der Waals surface area (Å²) in [5.41, 5.74) is 5.13. The first kappa shape index (κ1) is 12.2. The fraction of sp³-hybridized carbons (Fsp3) is 0.900. The third-order valence-electron chi connectivity index (χ3n) is 2.25. The van der Waals surface area contributed by atoms with Crippen LogP contribution in [0.4, 0.5) is 9.18 Å². The number of nitrogens with zero attached hydrogens (tertiary/aromatic N) is 1. The highest BCUT2D eigenvalue weighted by Crippen LogP contribution is 2.20. The van der Waals surface area contributed by atoms with Gasteiger partial charge in [-0.15, -0.1) is 0 Å². The summed E-state index contributed by atoms with van der Waals surface area (Å²) < 4.78 is 17.8. The second-order valence-electron chi connectivity index (χ2n) is 4.94. The maximum Gasteiger partial charge on any atom is 0.410 e. The van der Waals surface area contributed by atoms with Crippen LogP contribution in [0.5, 0.6) is 0 Å². The number of carbonyl (C=O) groups excluding carboxylic acids is 1. The molecule has 4 nitrogen and oxygen atoms in total. The summed E-state index contributed by atoms with van der Waals surface area (Å²) in [7, 11) is 0. The van der Waals surface area contributed by atoms with Crippen LogP contribution in [0.2, 0.25) is 0 Å². The van der Waals surface area contributed by atoms with Crippen molar-refractivity contribution in [2.45, 2.75) is 44.9 Å². The number of hydrogen-bond donors (Lipinski definition) is 1. The smallest absolute Gasteiger partial charge is 0.410 e. The number of amides is 1. The molecule has 2 atom stereocenters. The maximum absolute atomic E-state index is 12.6. The van der Waals surface area contributed by atoms with E-state index < -0.39 is 24.4 Å². The standard InChI is InChI=1S/C10H19FN2O2/c1-10(2,3)15-9(14)13-6-7(12)4-8(13)5-11/h7-8H,4-6,12H2,1-3H3/t7-,8+/m0/s1. The van der Waals surface area contributed by atoms with Crippen LogP contribution in [0, 0.1) is 0 Å². The number of carbonyl (C=O) groups is 1. The van der Waals surface area contributed by atoms with Crippen LogP contribution in [-0.4, -0.2) is 41.9 Å². The second-order valence-corrected chi connectivity index (χ2v) is 4.94. The van der Waals surface area contributed by atoms with Crippen LogP contribution in [0.25, 0.3) is 0 Å². The Morgan fingerprint density at radius 1 is 1.60 bits per heavy atom. The van der Waals surface area contributed by atoms with Gasteiger partial charge in [0.2, 0.25) is 0 Å². The summed E-state index contributed by atoms with van der Waals surface area (Å²) in [6.07, 6.45) is 0.0357. The molecule has 1 saturated heterocycles. The van der Waals surface area contributed by atoms with Gasteiger partial charge in [0, 0.05) is 12.6 Å². The van der Waals surface area contributed by atoms with E-state index in [0.29, 0.717) is 13.0 Å². The molecular formula is C10H19FN2O2. The minimum atomic E-state index is -0.563. The molecule has 0 aliphatic carbocycles. The lowest BCUT2D eigenvalue weighted by Gasteiger charge is -2.27. The monoisotopic (exact) mass is 218 g/mol. The van der Waals surface area contributed by atoms with Gasteiger partial charge in [-0.25, -0.2) is 9.18 Å². The zero-order valence-corrected chi connectivity index (χ0v) is 9.50. The fourth-order valence-corrected chi connectivity index (χ4v) is 1.64. The van der Waals surface area contributed by atoms with E-state index in [-0.39, 0.29) is 6.04 Å². The van der Waals surface area contributed by atoms with Crippen LogP contribution < -0.4 is 5.73 Å². The van der Waals surface area contributed by atoms with Gasteiger partial charge in [-0.2, -0.15) is 0 Å². The molecule has 1 aliphatic heterocycles. The van der Waals surface area contributed by atoms with Crippen molar-refractivity contribution in [3.8, 4) is 0 Å². The molecule has 0 spiro atoms. The molecule has 0 aromatic rings. The lowest BCUT2D eigenvalue weighted by molar-refractivity contribution is 0.0206. The lowest BCUT2D eigenvalue weighted by Crippen LogP contribution is -2.41. The van der Waals surface area contributed by atoms with Gasteiger partial charge < -0.3 is 15.4 Å². The first-order chi connectivity index (χ1) is 6.83. The van der Waals surface area contributed by atoms with E-state index in [9.17, 15) is 9.18 Å². The molecule has 0 unspecified atom stereocenters. The van der Waals surface area contributed by atoms with E-state index in [1.54, 1.807) is 20.8 Å². The number of ether oxygens (including phenoxy) is 1. The number of halogens is 1. The Bertz CT molecular complexity index is 240. The van der Waals surface area contributed by atoms with Gasteiger partial charge in [-0.1, -0.05) is 0 Å². The van der Waals surface area contributed by atoms with Crippen LogP contribution >= 0.6 is 0 Å². The molecule has 88 valence electrons. The Kier molecular flexibility index (Phi) is 3.54. The number of nitrogens with two attached hydrogens (primary N) is 1. The average molecular weight is 218 g/mol. The Morgan fingerprint density at radius 3 is 2.67 bits per heavy atom. The van der Waals surface area contributed by atoms with Crippen molar-refractivity contribution in [1.82, 2.24) is 4.90 Å². The Morgan fingerprint density at radius 2 is 2.20 bits per heavy atom. The molecule has 0 saturated carbocycles. The SMILES string of the molecule is CC(C)(C)OC(=O)N1C[C@@H](N)C[C@@H]1CF. The summed E-state index contributed by atoms with van der Waals surface area (Å²) in [5.74, 6) is 0. The average Bonchev–Trinajstić information content (AvgIpc) is 2.43. The summed E-state index contributed by atoms with van der Waals surface area (Å²) in [6, 6.07) is -0.562. The van der Waals surface area contributed by atoms with Crippen molar-refractivity contribution in [3.63, 3.8) is 0 Å². The van der Waals surface area contributed by atoms with E-state index in [2.05, 4.69) is 0 Å². The Hall–Kier alpha value is -0.840. The van der Waals surface area contributed by atoms with Crippen LogP contribution in [0.15, 0.2) is 0 Å². The predicted octanol–water partition coefficient (Wildman–Crippen LogP) is 1.29. The van der Waals surface area contributed by atoms with Crippen molar-refractivity contribution in [3.05, 3.63) is 0 Å². The number of alkyl halides is 1. The van der Waals surface area contributed by atoms with E-state index in [1.807, 2.05) is 0 Å². The van der Waals surface area contributed by atoms with Gasteiger partial charge in [0.25, 0.3) is 0 Å². The highest BCUT2D eigenvalue weighted by molar-refractivity contribution is 5.69. The van der Waals surface area contributed by atoms with Gasteiger partial charge in [0.1, 0.15) is 12.3 Å².